The Labute approximate surface area is 131 Å². The highest BCUT2D eigenvalue weighted by atomic mass is 19.3. The summed E-state index contributed by atoms with van der Waals surface area (Å²) in [6.45, 7) is -3.33. The average Bonchev–Trinajstić information content (AvgIpc) is 2.53. The molecule has 0 heterocycles. The van der Waals surface area contributed by atoms with E-state index in [1.54, 1.807) is 30.3 Å². The van der Waals surface area contributed by atoms with Gasteiger partial charge in [-0.3, -0.25) is 9.59 Å². The number of carbonyl (C=O) groups excluding carboxylic acids is 2. The van der Waals surface area contributed by atoms with Gasteiger partial charge in [0.15, 0.2) is 0 Å². The van der Waals surface area contributed by atoms with Crippen molar-refractivity contribution in [2.24, 2.45) is 0 Å². The fraction of sp³-hybridized carbons (Fsp3) is 0.125. The van der Waals surface area contributed by atoms with Gasteiger partial charge in [-0.25, -0.2) is 0 Å². The molecule has 0 saturated carbocycles. The third kappa shape index (κ3) is 5.06. The average molecular weight is 320 g/mol. The highest BCUT2D eigenvalue weighted by Crippen LogP contribution is 2.19. The van der Waals surface area contributed by atoms with Crippen LogP contribution in [0.1, 0.15) is 10.4 Å². The summed E-state index contributed by atoms with van der Waals surface area (Å²) in [4.78, 5) is 23.7. The summed E-state index contributed by atoms with van der Waals surface area (Å²) >= 11 is 0. The van der Waals surface area contributed by atoms with Gasteiger partial charge in [0.05, 0.1) is 12.1 Å². The first-order chi connectivity index (χ1) is 11.1. The molecule has 2 rings (SSSR count). The predicted octanol–water partition coefficient (Wildman–Crippen LogP) is 2.66. The van der Waals surface area contributed by atoms with Crippen LogP contribution < -0.4 is 15.4 Å². The first-order valence-corrected chi connectivity index (χ1v) is 6.73. The Hall–Kier alpha value is -2.96. The molecule has 120 valence electrons. The topological polar surface area (TPSA) is 67.4 Å². The first-order valence-electron chi connectivity index (χ1n) is 6.73. The van der Waals surface area contributed by atoms with Crippen molar-refractivity contribution in [1.82, 2.24) is 5.32 Å². The van der Waals surface area contributed by atoms with Crippen molar-refractivity contribution in [3.05, 3.63) is 60.2 Å². The zero-order valence-corrected chi connectivity index (χ0v) is 12.0. The van der Waals surface area contributed by atoms with Gasteiger partial charge in [-0.1, -0.05) is 30.3 Å². The van der Waals surface area contributed by atoms with Crippen LogP contribution in [0.25, 0.3) is 0 Å². The van der Waals surface area contributed by atoms with Crippen molar-refractivity contribution in [2.75, 3.05) is 11.9 Å². The third-order valence-electron chi connectivity index (χ3n) is 2.81. The second kappa shape index (κ2) is 7.88. The number of amides is 2. The van der Waals surface area contributed by atoms with Crippen molar-refractivity contribution in [1.29, 1.82) is 0 Å². The normalized spacial score (nSPS) is 10.2. The van der Waals surface area contributed by atoms with Crippen LogP contribution in [0.4, 0.5) is 14.5 Å². The summed E-state index contributed by atoms with van der Waals surface area (Å²) in [7, 11) is 0. The Morgan fingerprint density at radius 1 is 1.00 bits per heavy atom. The number of alkyl halides is 2. The molecule has 2 N–H and O–H groups in total. The van der Waals surface area contributed by atoms with Gasteiger partial charge in [0.1, 0.15) is 5.75 Å². The van der Waals surface area contributed by atoms with Crippen LogP contribution in [0, 0.1) is 0 Å². The van der Waals surface area contributed by atoms with E-state index in [1.807, 2.05) is 0 Å². The maximum atomic E-state index is 12.3. The Morgan fingerprint density at radius 3 is 2.35 bits per heavy atom. The van der Waals surface area contributed by atoms with E-state index in [0.717, 1.165) is 0 Å². The molecule has 0 unspecified atom stereocenters. The van der Waals surface area contributed by atoms with Crippen LogP contribution in [-0.4, -0.2) is 25.0 Å². The maximum absolute atomic E-state index is 12.3. The number of para-hydroxylation sites is 2. The van der Waals surface area contributed by atoms with Crippen molar-refractivity contribution < 1.29 is 23.1 Å². The lowest BCUT2D eigenvalue weighted by molar-refractivity contribution is -0.115. The maximum Gasteiger partial charge on any atom is 0.387 e. The quantitative estimate of drug-likeness (QED) is 0.860. The number of anilines is 1. The van der Waals surface area contributed by atoms with Crippen LogP contribution in [0.2, 0.25) is 0 Å². The number of hydrogen-bond acceptors (Lipinski definition) is 3. The van der Waals surface area contributed by atoms with Crippen LogP contribution in [0.15, 0.2) is 54.6 Å². The van der Waals surface area contributed by atoms with Gasteiger partial charge in [0.25, 0.3) is 5.91 Å². The molecule has 0 aliphatic heterocycles. The van der Waals surface area contributed by atoms with E-state index >= 15 is 0 Å². The molecule has 0 saturated heterocycles. The second-order valence-corrected chi connectivity index (χ2v) is 4.47. The fourth-order valence-corrected chi connectivity index (χ4v) is 1.84. The lowest BCUT2D eigenvalue weighted by atomic mass is 10.2. The fourth-order valence-electron chi connectivity index (χ4n) is 1.84. The van der Waals surface area contributed by atoms with Gasteiger partial charge < -0.3 is 15.4 Å². The van der Waals surface area contributed by atoms with Crippen molar-refractivity contribution in [3.63, 3.8) is 0 Å². The highest BCUT2D eigenvalue weighted by molar-refractivity contribution is 6.00. The molecule has 0 aliphatic carbocycles. The number of halogens is 2. The van der Waals surface area contributed by atoms with E-state index in [4.69, 9.17) is 0 Å². The molecule has 0 atom stereocenters. The van der Waals surface area contributed by atoms with E-state index in [0.29, 0.717) is 5.69 Å². The first kappa shape index (κ1) is 16.4. The number of carbonyl (C=O) groups is 2. The largest absolute Gasteiger partial charge is 0.434 e. The van der Waals surface area contributed by atoms with Gasteiger partial charge >= 0.3 is 6.61 Å². The molecule has 0 bridgehead atoms. The molecule has 2 aromatic rings. The second-order valence-electron chi connectivity index (χ2n) is 4.47. The van der Waals surface area contributed by atoms with E-state index in [2.05, 4.69) is 15.4 Å². The zero-order chi connectivity index (χ0) is 16.7. The molecule has 2 aromatic carbocycles. The SMILES string of the molecule is O=C(CNC(=O)c1ccccc1OC(F)F)Nc1ccccc1. The predicted molar refractivity (Wildman–Crippen MR) is 80.5 cm³/mol. The van der Waals surface area contributed by atoms with Crippen LogP contribution >= 0.6 is 0 Å². The third-order valence-corrected chi connectivity index (χ3v) is 2.81. The van der Waals surface area contributed by atoms with Crippen molar-refractivity contribution in [2.45, 2.75) is 6.61 Å². The monoisotopic (exact) mass is 320 g/mol. The van der Waals surface area contributed by atoms with Crippen molar-refractivity contribution >= 4 is 17.5 Å². The number of nitrogens with one attached hydrogen (secondary N) is 2. The molecular weight excluding hydrogens is 306 g/mol. The van der Waals surface area contributed by atoms with Gasteiger partial charge in [0.2, 0.25) is 5.91 Å². The molecular formula is C16H14F2N2O3. The summed E-state index contributed by atoms with van der Waals surface area (Å²) in [5.74, 6) is -1.36. The molecule has 7 heteroatoms. The standard InChI is InChI=1S/C16H14F2N2O3/c17-16(18)23-13-9-5-4-8-12(13)15(22)19-10-14(21)20-11-6-2-1-3-7-11/h1-9,16H,10H2,(H,19,22)(H,20,21). The minimum absolute atomic E-state index is 0.0692. The van der Waals surface area contributed by atoms with Gasteiger partial charge in [-0.05, 0) is 24.3 Å². The molecule has 0 aromatic heterocycles. The molecule has 0 radical (unpaired) electrons. The summed E-state index contributed by atoms with van der Waals surface area (Å²) < 4.78 is 28.9. The Morgan fingerprint density at radius 2 is 1.65 bits per heavy atom. The molecule has 0 fully saturated rings. The highest BCUT2D eigenvalue weighted by Gasteiger charge is 2.15. The summed E-state index contributed by atoms with van der Waals surface area (Å²) in [6.07, 6.45) is 0. The zero-order valence-electron chi connectivity index (χ0n) is 12.0. The van der Waals surface area contributed by atoms with Crippen molar-refractivity contribution in [3.8, 4) is 5.75 Å². The van der Waals surface area contributed by atoms with Gasteiger partial charge in [-0.2, -0.15) is 8.78 Å². The van der Waals surface area contributed by atoms with E-state index in [1.165, 1.54) is 24.3 Å². The Kier molecular flexibility index (Phi) is 5.62. The molecule has 5 nitrogen and oxygen atoms in total. The number of benzene rings is 2. The summed E-state index contributed by atoms with van der Waals surface area (Å²) in [6, 6.07) is 14.3. The molecule has 0 spiro atoms. The Bertz CT molecular complexity index is 678. The number of ether oxygens (including phenoxy) is 1. The lowest BCUT2D eigenvalue weighted by Crippen LogP contribution is -2.33. The summed E-state index contributed by atoms with van der Waals surface area (Å²) in [5.41, 5.74) is 0.522. The van der Waals surface area contributed by atoms with E-state index in [9.17, 15) is 18.4 Å². The molecule has 2 amide bonds. The van der Waals surface area contributed by atoms with E-state index in [-0.39, 0.29) is 17.9 Å². The van der Waals surface area contributed by atoms with Crippen LogP contribution in [-0.2, 0) is 4.79 Å². The minimum Gasteiger partial charge on any atom is -0.434 e. The lowest BCUT2D eigenvalue weighted by Gasteiger charge is -2.11. The molecule has 23 heavy (non-hydrogen) atoms. The smallest absolute Gasteiger partial charge is 0.387 e. The Balaban J connectivity index is 1.93. The number of rotatable bonds is 6. The van der Waals surface area contributed by atoms with Gasteiger partial charge in [-0.15, -0.1) is 0 Å². The van der Waals surface area contributed by atoms with Crippen LogP contribution in [0.5, 0.6) is 5.75 Å². The van der Waals surface area contributed by atoms with Gasteiger partial charge in [0, 0.05) is 5.69 Å². The molecule has 0 aliphatic rings. The summed E-state index contributed by atoms with van der Waals surface area (Å²) in [5, 5.41) is 4.95. The minimum atomic E-state index is -3.04. The number of hydrogen-bond donors (Lipinski definition) is 2. The van der Waals surface area contributed by atoms with Crippen LogP contribution in [0.3, 0.4) is 0 Å². The van der Waals surface area contributed by atoms with E-state index < -0.39 is 18.4 Å².